The average molecular weight is 367 g/mol. The molecule has 0 saturated carbocycles. The Balaban J connectivity index is 1.41. The third kappa shape index (κ3) is 3.55. The maximum atomic E-state index is 3.65. The molecule has 0 radical (unpaired) electrons. The summed E-state index contributed by atoms with van der Waals surface area (Å²) in [6, 6.07) is 11.3. The van der Waals surface area contributed by atoms with Gasteiger partial charge >= 0.3 is 0 Å². The smallest absolute Gasteiger partial charge is 0.0388 e. The molecule has 2 nitrogen and oxygen atoms in total. The average Bonchev–Trinajstić information content (AvgIpc) is 2.75. The molecule has 0 bridgehead atoms. The van der Waals surface area contributed by atoms with Crippen LogP contribution in [0.25, 0.3) is 16.8 Å². The molecule has 2 heteroatoms. The molecule has 140 valence electrons. The first-order chi connectivity index (χ1) is 13.8. The molecule has 0 saturated heterocycles. The van der Waals surface area contributed by atoms with Crippen LogP contribution in [0.1, 0.15) is 43.2 Å². The molecular formula is C26H26N2. The van der Waals surface area contributed by atoms with Crippen LogP contribution >= 0.6 is 0 Å². The largest absolute Gasteiger partial charge is 0.362 e. The van der Waals surface area contributed by atoms with Crippen molar-refractivity contribution >= 4 is 22.5 Å². The number of aryl methyl sites for hydroxylation is 1. The summed E-state index contributed by atoms with van der Waals surface area (Å²) < 4.78 is 0. The molecule has 0 atom stereocenters. The number of rotatable bonds is 4. The van der Waals surface area contributed by atoms with Crippen LogP contribution in [-0.4, -0.2) is 0 Å². The van der Waals surface area contributed by atoms with Crippen LogP contribution < -0.4 is 10.6 Å². The molecule has 0 amide bonds. The fraction of sp³-hybridized carbons (Fsp3) is 0.231. The van der Waals surface area contributed by atoms with Crippen LogP contribution in [0.3, 0.4) is 0 Å². The van der Waals surface area contributed by atoms with Gasteiger partial charge in [0.05, 0.1) is 0 Å². The zero-order valence-corrected chi connectivity index (χ0v) is 16.2. The van der Waals surface area contributed by atoms with Crippen molar-refractivity contribution in [1.29, 1.82) is 0 Å². The molecule has 3 aliphatic rings. The van der Waals surface area contributed by atoms with Crippen LogP contribution in [0, 0.1) is 0 Å². The van der Waals surface area contributed by atoms with Gasteiger partial charge < -0.3 is 10.6 Å². The van der Waals surface area contributed by atoms with Gasteiger partial charge in [-0.1, -0.05) is 42.5 Å². The molecule has 5 rings (SSSR count). The number of benzene rings is 2. The molecule has 0 aromatic heterocycles. The maximum absolute atomic E-state index is 3.65. The van der Waals surface area contributed by atoms with E-state index in [0.717, 1.165) is 38.5 Å². The lowest BCUT2D eigenvalue weighted by Crippen LogP contribution is -2.16. The van der Waals surface area contributed by atoms with Gasteiger partial charge in [0, 0.05) is 22.8 Å². The topological polar surface area (TPSA) is 24.1 Å². The second-order valence-electron chi connectivity index (χ2n) is 7.81. The molecule has 28 heavy (non-hydrogen) atoms. The van der Waals surface area contributed by atoms with Gasteiger partial charge in [-0.25, -0.2) is 0 Å². The van der Waals surface area contributed by atoms with Crippen molar-refractivity contribution < 1.29 is 0 Å². The highest BCUT2D eigenvalue weighted by atomic mass is 14.9. The fourth-order valence-corrected chi connectivity index (χ4v) is 4.33. The zero-order chi connectivity index (χ0) is 18.8. The zero-order valence-electron chi connectivity index (χ0n) is 16.2. The summed E-state index contributed by atoms with van der Waals surface area (Å²) in [6.07, 6.45) is 22.1. The van der Waals surface area contributed by atoms with Gasteiger partial charge in [-0.2, -0.15) is 0 Å². The number of anilines is 1. The molecular weight excluding hydrogens is 340 g/mol. The van der Waals surface area contributed by atoms with Gasteiger partial charge in [-0.05, 0) is 90.8 Å². The molecule has 2 aromatic carbocycles. The Morgan fingerprint density at radius 1 is 0.679 bits per heavy atom. The van der Waals surface area contributed by atoms with Crippen LogP contribution in [0.5, 0.6) is 0 Å². The summed E-state index contributed by atoms with van der Waals surface area (Å²) in [4.78, 5) is 0. The standard InChI is InChI=1S/C26H26N2/c1-3-7-21(8-4-1)27-23-13-15-25-19(17-23)11-12-20-18-24(14-16-26(20)25)28-22-9-5-2-6-10-22/h1-3,5,7,9,11-13,15,17-18,27-28H,4,6,8,10,14,16H2. The van der Waals surface area contributed by atoms with E-state index in [1.54, 1.807) is 0 Å². The SMILES string of the molecule is C1=CCCC(NC2=Cc3ccc4cc(NC5=CC=CCC5)ccc4c3CC2)=C1. The van der Waals surface area contributed by atoms with Gasteiger partial charge in [0.15, 0.2) is 0 Å². The van der Waals surface area contributed by atoms with E-state index >= 15 is 0 Å². The predicted molar refractivity (Wildman–Crippen MR) is 120 cm³/mol. The predicted octanol–water partition coefficient (Wildman–Crippen LogP) is 6.60. The molecule has 2 aromatic rings. The van der Waals surface area contributed by atoms with Crippen LogP contribution in [0.4, 0.5) is 5.69 Å². The van der Waals surface area contributed by atoms with Crippen molar-refractivity contribution in [3.63, 3.8) is 0 Å². The van der Waals surface area contributed by atoms with Gasteiger partial charge in [-0.15, -0.1) is 0 Å². The van der Waals surface area contributed by atoms with Crippen LogP contribution in [0.15, 0.2) is 83.9 Å². The lowest BCUT2D eigenvalue weighted by molar-refractivity contribution is 0.780. The Hall–Kier alpha value is -3.00. The van der Waals surface area contributed by atoms with Crippen molar-refractivity contribution in [2.45, 2.75) is 38.5 Å². The minimum atomic E-state index is 1.08. The fourth-order valence-electron chi connectivity index (χ4n) is 4.33. The Labute approximate surface area is 167 Å². The summed E-state index contributed by atoms with van der Waals surface area (Å²) in [6.45, 7) is 0. The lowest BCUT2D eigenvalue weighted by Gasteiger charge is -2.22. The summed E-state index contributed by atoms with van der Waals surface area (Å²) in [5.74, 6) is 0. The van der Waals surface area contributed by atoms with Gasteiger partial charge in [0.25, 0.3) is 0 Å². The van der Waals surface area contributed by atoms with Crippen molar-refractivity contribution in [3.05, 3.63) is 95.0 Å². The van der Waals surface area contributed by atoms with Crippen molar-refractivity contribution in [2.75, 3.05) is 5.32 Å². The molecule has 0 heterocycles. The molecule has 0 aliphatic heterocycles. The Morgan fingerprint density at radius 3 is 2.21 bits per heavy atom. The maximum Gasteiger partial charge on any atom is 0.0388 e. The van der Waals surface area contributed by atoms with Gasteiger partial charge in [-0.3, -0.25) is 0 Å². The molecule has 3 aliphatic carbocycles. The normalized spacial score (nSPS) is 18.2. The van der Waals surface area contributed by atoms with E-state index in [1.807, 2.05) is 0 Å². The second kappa shape index (κ2) is 7.55. The Kier molecular flexibility index (Phi) is 4.62. The third-order valence-electron chi connectivity index (χ3n) is 5.80. The summed E-state index contributed by atoms with van der Waals surface area (Å²) in [7, 11) is 0. The van der Waals surface area contributed by atoms with Crippen LogP contribution in [0.2, 0.25) is 0 Å². The first-order valence-corrected chi connectivity index (χ1v) is 10.4. The monoisotopic (exact) mass is 366 g/mol. The highest BCUT2D eigenvalue weighted by Gasteiger charge is 2.14. The first kappa shape index (κ1) is 17.1. The Bertz CT molecular complexity index is 1060. The Morgan fingerprint density at radius 2 is 1.46 bits per heavy atom. The minimum Gasteiger partial charge on any atom is -0.362 e. The second-order valence-corrected chi connectivity index (χ2v) is 7.81. The van der Waals surface area contributed by atoms with E-state index in [0.29, 0.717) is 0 Å². The number of fused-ring (bicyclic) bond motifs is 3. The number of hydrogen-bond donors (Lipinski definition) is 2. The van der Waals surface area contributed by atoms with E-state index in [4.69, 9.17) is 0 Å². The first-order valence-electron chi connectivity index (χ1n) is 10.4. The molecule has 0 spiro atoms. The van der Waals surface area contributed by atoms with Gasteiger partial charge in [0.2, 0.25) is 0 Å². The lowest BCUT2D eigenvalue weighted by atomic mass is 9.90. The van der Waals surface area contributed by atoms with Gasteiger partial charge in [0.1, 0.15) is 0 Å². The van der Waals surface area contributed by atoms with E-state index in [-0.39, 0.29) is 0 Å². The quantitative estimate of drug-likeness (QED) is 0.637. The van der Waals surface area contributed by atoms with E-state index < -0.39 is 0 Å². The van der Waals surface area contributed by atoms with E-state index in [9.17, 15) is 0 Å². The third-order valence-corrected chi connectivity index (χ3v) is 5.80. The molecule has 2 N–H and O–H groups in total. The van der Waals surface area contributed by atoms with Crippen LogP contribution in [-0.2, 0) is 6.42 Å². The van der Waals surface area contributed by atoms with Crippen molar-refractivity contribution in [2.24, 2.45) is 0 Å². The summed E-state index contributed by atoms with van der Waals surface area (Å²) in [5.41, 5.74) is 7.98. The van der Waals surface area contributed by atoms with Crippen molar-refractivity contribution in [1.82, 2.24) is 5.32 Å². The highest BCUT2D eigenvalue weighted by molar-refractivity contribution is 5.92. The molecule has 0 fully saturated rings. The van der Waals surface area contributed by atoms with E-state index in [2.05, 4.69) is 83.5 Å². The number of allylic oxidation sites excluding steroid dienone is 9. The minimum absolute atomic E-state index is 1.08. The van der Waals surface area contributed by atoms with Crippen molar-refractivity contribution in [3.8, 4) is 0 Å². The molecule has 0 unspecified atom stereocenters. The number of nitrogens with one attached hydrogen (secondary N) is 2. The number of hydrogen-bond acceptors (Lipinski definition) is 2. The summed E-state index contributed by atoms with van der Waals surface area (Å²) in [5, 5.41) is 9.94. The highest BCUT2D eigenvalue weighted by Crippen LogP contribution is 2.32. The van der Waals surface area contributed by atoms with E-state index in [1.165, 1.54) is 44.7 Å². The summed E-state index contributed by atoms with van der Waals surface area (Å²) >= 11 is 0.